The molecule has 0 spiro atoms. The van der Waals surface area contributed by atoms with Gasteiger partial charge in [0.15, 0.2) is 5.56 Å². The third kappa shape index (κ3) is 2.38. The van der Waals surface area contributed by atoms with Gasteiger partial charge in [0.25, 0.3) is 5.56 Å². The minimum absolute atomic E-state index is 0.0667. The van der Waals surface area contributed by atoms with Crippen molar-refractivity contribution in [2.75, 3.05) is 0 Å². The number of nitriles is 1. The average molecular weight is 336 g/mol. The zero-order valence-electron chi connectivity index (χ0n) is 10.8. The Hall–Kier alpha value is -2.33. The van der Waals surface area contributed by atoms with E-state index in [2.05, 4.69) is 15.9 Å². The highest BCUT2D eigenvalue weighted by Crippen LogP contribution is 2.23. The first-order valence-corrected chi connectivity index (χ1v) is 6.38. The van der Waals surface area contributed by atoms with Gasteiger partial charge in [-0.3, -0.25) is 13.9 Å². The Bertz CT molecular complexity index is 813. The average Bonchev–Trinajstić information content (AvgIpc) is 2.45. The van der Waals surface area contributed by atoms with Gasteiger partial charge in [-0.2, -0.15) is 5.26 Å². The zero-order valence-corrected chi connectivity index (χ0v) is 12.3. The smallest absolute Gasteiger partial charge is 0.333 e. The molecule has 0 aliphatic rings. The van der Waals surface area contributed by atoms with Crippen molar-refractivity contribution in [1.82, 2.24) is 9.13 Å². The highest BCUT2D eigenvalue weighted by atomic mass is 79.9. The van der Waals surface area contributed by atoms with E-state index in [-0.39, 0.29) is 11.4 Å². The summed E-state index contributed by atoms with van der Waals surface area (Å²) in [4.78, 5) is 23.7. The van der Waals surface area contributed by atoms with Crippen molar-refractivity contribution in [2.45, 2.75) is 0 Å². The summed E-state index contributed by atoms with van der Waals surface area (Å²) in [6.45, 7) is 0. The third-order valence-corrected chi connectivity index (χ3v) is 3.28. The normalized spacial score (nSPS) is 10.1. The Labute approximate surface area is 122 Å². The number of halogens is 1. The van der Waals surface area contributed by atoms with Crippen LogP contribution in [0.4, 0.5) is 0 Å². The number of rotatable bonds is 2. The van der Waals surface area contributed by atoms with E-state index in [9.17, 15) is 9.59 Å². The lowest BCUT2D eigenvalue weighted by atomic mass is 10.3. The van der Waals surface area contributed by atoms with Gasteiger partial charge in [0.1, 0.15) is 11.8 Å². The van der Waals surface area contributed by atoms with Gasteiger partial charge in [-0.1, -0.05) is 15.9 Å². The topological polar surface area (TPSA) is 77.0 Å². The molecule has 0 saturated heterocycles. The molecular weight excluding hydrogens is 326 g/mol. The molecule has 0 bridgehead atoms. The molecular formula is C13H10BrN3O3. The predicted octanol–water partition coefficient (Wildman–Crippen LogP) is 1.51. The fraction of sp³-hybridized carbons (Fsp3) is 0.154. The second kappa shape index (κ2) is 5.35. The lowest BCUT2D eigenvalue weighted by molar-refractivity contribution is 0.421. The summed E-state index contributed by atoms with van der Waals surface area (Å²) in [5, 5.41) is 9.09. The molecule has 20 heavy (non-hydrogen) atoms. The van der Waals surface area contributed by atoms with Crippen LogP contribution in [0.1, 0.15) is 5.56 Å². The highest BCUT2D eigenvalue weighted by Gasteiger charge is 2.17. The molecule has 0 radical (unpaired) electrons. The van der Waals surface area contributed by atoms with Crippen LogP contribution in [0.2, 0.25) is 0 Å². The van der Waals surface area contributed by atoms with Crippen LogP contribution in [0.5, 0.6) is 11.6 Å². The first kappa shape index (κ1) is 14.1. The van der Waals surface area contributed by atoms with Crippen LogP contribution in [0.3, 0.4) is 0 Å². The van der Waals surface area contributed by atoms with Gasteiger partial charge >= 0.3 is 5.69 Å². The largest absolute Gasteiger partial charge is 0.439 e. The SMILES string of the molecule is Cn1c(Oc2ccc(Br)cc2)c(C#N)c(=O)n(C)c1=O. The van der Waals surface area contributed by atoms with Crippen molar-refractivity contribution in [3.63, 3.8) is 0 Å². The molecule has 102 valence electrons. The van der Waals surface area contributed by atoms with Crippen molar-refractivity contribution >= 4 is 15.9 Å². The maximum Gasteiger partial charge on any atom is 0.333 e. The number of ether oxygens (including phenoxy) is 1. The Balaban J connectivity index is 2.63. The van der Waals surface area contributed by atoms with E-state index in [4.69, 9.17) is 10.00 Å². The lowest BCUT2D eigenvalue weighted by Crippen LogP contribution is -2.38. The standard InChI is InChI=1S/C13H10BrN3O3/c1-16-11(18)10(7-15)12(17(2)13(16)19)20-9-5-3-8(14)4-6-9/h3-6H,1-2H3. The molecule has 0 saturated carbocycles. The fourth-order valence-electron chi connectivity index (χ4n) is 1.66. The van der Waals surface area contributed by atoms with Crippen molar-refractivity contribution in [1.29, 1.82) is 5.26 Å². The lowest BCUT2D eigenvalue weighted by Gasteiger charge is -2.12. The van der Waals surface area contributed by atoms with E-state index in [0.717, 1.165) is 13.6 Å². The maximum atomic E-state index is 11.9. The van der Waals surface area contributed by atoms with Crippen LogP contribution in [0.25, 0.3) is 0 Å². The molecule has 0 atom stereocenters. The first-order chi connectivity index (χ1) is 9.45. The fourth-order valence-corrected chi connectivity index (χ4v) is 1.92. The summed E-state index contributed by atoms with van der Waals surface area (Å²) < 4.78 is 8.37. The van der Waals surface area contributed by atoms with Crippen molar-refractivity contribution in [2.24, 2.45) is 14.1 Å². The predicted molar refractivity (Wildman–Crippen MR) is 75.9 cm³/mol. The summed E-state index contributed by atoms with van der Waals surface area (Å²) >= 11 is 3.29. The quantitative estimate of drug-likeness (QED) is 0.833. The summed E-state index contributed by atoms with van der Waals surface area (Å²) in [5.41, 5.74) is -1.44. The molecule has 1 aromatic heterocycles. The van der Waals surface area contributed by atoms with Gasteiger partial charge in [0.05, 0.1) is 0 Å². The minimum Gasteiger partial charge on any atom is -0.439 e. The maximum absolute atomic E-state index is 11.9. The van der Waals surface area contributed by atoms with Crippen molar-refractivity contribution < 1.29 is 4.74 Å². The van der Waals surface area contributed by atoms with Crippen LogP contribution in [-0.4, -0.2) is 9.13 Å². The molecule has 7 heteroatoms. The van der Waals surface area contributed by atoms with Crippen molar-refractivity contribution in [3.8, 4) is 17.7 Å². The first-order valence-electron chi connectivity index (χ1n) is 5.59. The molecule has 0 N–H and O–H groups in total. The van der Waals surface area contributed by atoms with E-state index in [1.807, 2.05) is 0 Å². The van der Waals surface area contributed by atoms with Gasteiger partial charge in [0, 0.05) is 18.6 Å². The number of hydrogen-bond donors (Lipinski definition) is 0. The van der Waals surface area contributed by atoms with Crippen LogP contribution in [0.15, 0.2) is 38.3 Å². The van der Waals surface area contributed by atoms with Gasteiger partial charge in [0.2, 0.25) is 5.88 Å². The number of aromatic nitrogens is 2. The number of hydrogen-bond acceptors (Lipinski definition) is 4. The second-order valence-electron chi connectivity index (χ2n) is 4.05. The third-order valence-electron chi connectivity index (χ3n) is 2.75. The summed E-state index contributed by atoms with van der Waals surface area (Å²) in [7, 11) is 2.76. The second-order valence-corrected chi connectivity index (χ2v) is 4.97. The molecule has 1 heterocycles. The molecule has 0 aliphatic carbocycles. The van der Waals surface area contributed by atoms with E-state index in [1.165, 1.54) is 14.1 Å². The number of benzene rings is 1. The van der Waals surface area contributed by atoms with Gasteiger partial charge < -0.3 is 4.74 Å². The zero-order chi connectivity index (χ0) is 14.9. The van der Waals surface area contributed by atoms with Gasteiger partial charge in [-0.15, -0.1) is 0 Å². The summed E-state index contributed by atoms with van der Waals surface area (Å²) in [6, 6.07) is 8.60. The van der Waals surface area contributed by atoms with Crippen LogP contribution >= 0.6 is 15.9 Å². The molecule has 0 aliphatic heterocycles. The highest BCUT2D eigenvalue weighted by molar-refractivity contribution is 9.10. The Morgan fingerprint density at radius 3 is 2.30 bits per heavy atom. The van der Waals surface area contributed by atoms with Gasteiger partial charge in [-0.25, -0.2) is 4.79 Å². The molecule has 0 amide bonds. The van der Waals surface area contributed by atoms with Crippen LogP contribution < -0.4 is 16.0 Å². The van der Waals surface area contributed by atoms with Crippen molar-refractivity contribution in [3.05, 3.63) is 55.1 Å². The molecule has 2 rings (SSSR count). The molecule has 2 aromatic rings. The van der Waals surface area contributed by atoms with Gasteiger partial charge in [-0.05, 0) is 24.3 Å². The molecule has 0 fully saturated rings. The Morgan fingerprint density at radius 1 is 1.15 bits per heavy atom. The summed E-state index contributed by atoms with van der Waals surface area (Å²) in [5.74, 6) is 0.357. The monoisotopic (exact) mass is 335 g/mol. The van der Waals surface area contributed by atoms with E-state index in [1.54, 1.807) is 30.3 Å². The molecule has 6 nitrogen and oxygen atoms in total. The van der Waals surface area contributed by atoms with Crippen LogP contribution in [0, 0.1) is 11.3 Å². The Morgan fingerprint density at radius 2 is 1.75 bits per heavy atom. The summed E-state index contributed by atoms with van der Waals surface area (Å²) in [6.07, 6.45) is 0. The van der Waals surface area contributed by atoms with E-state index in [0.29, 0.717) is 5.75 Å². The van der Waals surface area contributed by atoms with Crippen LogP contribution in [-0.2, 0) is 14.1 Å². The minimum atomic E-state index is -0.678. The Kier molecular flexibility index (Phi) is 3.77. The number of nitrogens with zero attached hydrogens (tertiary/aromatic N) is 3. The van der Waals surface area contributed by atoms with E-state index < -0.39 is 11.2 Å². The molecule has 0 unspecified atom stereocenters. The van der Waals surface area contributed by atoms with E-state index >= 15 is 0 Å². The molecule has 1 aromatic carbocycles.